The van der Waals surface area contributed by atoms with Crippen molar-refractivity contribution in [3.63, 3.8) is 0 Å². The number of benzene rings is 1. The average molecular weight is 429 g/mol. The normalized spacial score (nSPS) is 22.4. The molecule has 162 valence electrons. The summed E-state index contributed by atoms with van der Waals surface area (Å²) in [6, 6.07) is 10.6. The minimum absolute atomic E-state index is 0.133. The standard InChI is InChI=1S/C23H32N4O2S/c1-2-24-23(27-12-14-29-21(16-27)20-9-6-13-28-20)25-15-19-17-30-22(26-19)11-10-18-7-4-3-5-8-18/h3-5,7-8,17,20-21H,2,6,9-16H2,1H3,(H,24,25). The third-order valence-electron chi connectivity index (χ3n) is 5.57. The fourth-order valence-corrected chi connectivity index (χ4v) is 4.79. The molecule has 0 spiro atoms. The number of thiazole rings is 1. The van der Waals surface area contributed by atoms with Gasteiger partial charge in [0.05, 0.1) is 30.0 Å². The number of aryl methyl sites for hydroxylation is 2. The Morgan fingerprint density at radius 3 is 2.87 bits per heavy atom. The molecule has 7 heteroatoms. The van der Waals surface area contributed by atoms with E-state index in [1.54, 1.807) is 11.3 Å². The maximum atomic E-state index is 5.99. The molecular weight excluding hydrogens is 396 g/mol. The van der Waals surface area contributed by atoms with Crippen LogP contribution in [0.2, 0.25) is 0 Å². The van der Waals surface area contributed by atoms with E-state index in [0.29, 0.717) is 6.54 Å². The Morgan fingerprint density at radius 1 is 1.20 bits per heavy atom. The first-order chi connectivity index (χ1) is 14.8. The fraction of sp³-hybridized carbons (Fsp3) is 0.565. The summed E-state index contributed by atoms with van der Waals surface area (Å²) in [5, 5.41) is 6.76. The molecule has 1 aromatic carbocycles. The summed E-state index contributed by atoms with van der Waals surface area (Å²) >= 11 is 1.74. The number of aliphatic imine (C=N–C) groups is 1. The summed E-state index contributed by atoms with van der Waals surface area (Å²) in [6.07, 6.45) is 4.59. The van der Waals surface area contributed by atoms with Gasteiger partial charge in [0.2, 0.25) is 0 Å². The summed E-state index contributed by atoms with van der Waals surface area (Å²) in [6.45, 7) is 6.82. The molecule has 30 heavy (non-hydrogen) atoms. The highest BCUT2D eigenvalue weighted by Crippen LogP contribution is 2.21. The van der Waals surface area contributed by atoms with Gasteiger partial charge in [-0.25, -0.2) is 9.98 Å². The zero-order valence-corrected chi connectivity index (χ0v) is 18.6. The van der Waals surface area contributed by atoms with E-state index < -0.39 is 0 Å². The zero-order valence-electron chi connectivity index (χ0n) is 17.8. The molecule has 0 amide bonds. The monoisotopic (exact) mass is 428 g/mol. The maximum Gasteiger partial charge on any atom is 0.194 e. The zero-order chi connectivity index (χ0) is 20.6. The van der Waals surface area contributed by atoms with Crippen molar-refractivity contribution in [2.24, 2.45) is 4.99 Å². The molecule has 4 rings (SSSR count). The van der Waals surface area contributed by atoms with Gasteiger partial charge >= 0.3 is 0 Å². The largest absolute Gasteiger partial charge is 0.375 e. The number of nitrogens with zero attached hydrogens (tertiary/aromatic N) is 3. The van der Waals surface area contributed by atoms with Crippen LogP contribution < -0.4 is 5.32 Å². The first-order valence-corrected chi connectivity index (χ1v) is 11.9. The van der Waals surface area contributed by atoms with Crippen LogP contribution in [0.15, 0.2) is 40.7 Å². The van der Waals surface area contributed by atoms with Crippen molar-refractivity contribution in [3.8, 4) is 0 Å². The molecular formula is C23H32N4O2S. The SMILES string of the molecule is CCNC(=NCc1csc(CCc2ccccc2)n1)N1CCOC(C2CCCO2)C1. The van der Waals surface area contributed by atoms with E-state index in [2.05, 4.69) is 52.9 Å². The number of morpholine rings is 1. The van der Waals surface area contributed by atoms with Crippen molar-refractivity contribution >= 4 is 17.3 Å². The van der Waals surface area contributed by atoms with Gasteiger partial charge in [-0.15, -0.1) is 11.3 Å². The molecule has 2 aromatic rings. The summed E-state index contributed by atoms with van der Waals surface area (Å²) in [4.78, 5) is 12.0. The summed E-state index contributed by atoms with van der Waals surface area (Å²) < 4.78 is 11.8. The number of guanidine groups is 1. The van der Waals surface area contributed by atoms with Crippen LogP contribution in [0, 0.1) is 0 Å². The van der Waals surface area contributed by atoms with Crippen molar-refractivity contribution in [2.75, 3.05) is 32.8 Å². The molecule has 6 nitrogen and oxygen atoms in total. The Labute approximate surface area is 183 Å². The van der Waals surface area contributed by atoms with Crippen LogP contribution in [0.3, 0.4) is 0 Å². The van der Waals surface area contributed by atoms with Crippen LogP contribution in [-0.4, -0.2) is 60.9 Å². The van der Waals surface area contributed by atoms with Gasteiger partial charge in [-0.3, -0.25) is 0 Å². The minimum atomic E-state index is 0.133. The Bertz CT molecular complexity index is 805. The number of hydrogen-bond acceptors (Lipinski definition) is 5. The Kier molecular flexibility index (Phi) is 7.72. The van der Waals surface area contributed by atoms with E-state index >= 15 is 0 Å². The van der Waals surface area contributed by atoms with Gasteiger partial charge in [0.1, 0.15) is 6.10 Å². The quantitative estimate of drug-likeness (QED) is 0.542. The van der Waals surface area contributed by atoms with E-state index in [4.69, 9.17) is 19.5 Å². The van der Waals surface area contributed by atoms with E-state index in [0.717, 1.165) is 70.2 Å². The van der Waals surface area contributed by atoms with Crippen molar-refractivity contribution in [1.82, 2.24) is 15.2 Å². The maximum absolute atomic E-state index is 5.99. The molecule has 2 fully saturated rings. The highest BCUT2D eigenvalue weighted by molar-refractivity contribution is 7.09. The lowest BCUT2D eigenvalue weighted by Crippen LogP contribution is -2.53. The summed E-state index contributed by atoms with van der Waals surface area (Å²) in [5.41, 5.74) is 2.40. The number of hydrogen-bond donors (Lipinski definition) is 1. The number of rotatable bonds is 7. The highest BCUT2D eigenvalue weighted by Gasteiger charge is 2.32. The van der Waals surface area contributed by atoms with Crippen LogP contribution in [0.25, 0.3) is 0 Å². The van der Waals surface area contributed by atoms with Crippen LogP contribution in [-0.2, 0) is 28.9 Å². The summed E-state index contributed by atoms with van der Waals surface area (Å²) in [7, 11) is 0. The van der Waals surface area contributed by atoms with E-state index in [-0.39, 0.29) is 12.2 Å². The number of ether oxygens (including phenoxy) is 2. The lowest BCUT2D eigenvalue weighted by atomic mass is 10.1. The second-order valence-corrected chi connectivity index (χ2v) is 8.74. The molecule has 0 bridgehead atoms. The van der Waals surface area contributed by atoms with Crippen molar-refractivity contribution in [2.45, 2.75) is 51.4 Å². The lowest BCUT2D eigenvalue weighted by Gasteiger charge is -2.37. The van der Waals surface area contributed by atoms with Gasteiger partial charge in [0, 0.05) is 38.0 Å². The molecule has 2 atom stereocenters. The van der Waals surface area contributed by atoms with E-state index in [1.165, 1.54) is 10.6 Å². The van der Waals surface area contributed by atoms with Crippen LogP contribution >= 0.6 is 11.3 Å². The first kappa shape index (κ1) is 21.3. The average Bonchev–Trinajstić information content (AvgIpc) is 3.48. The predicted molar refractivity (Wildman–Crippen MR) is 121 cm³/mol. The lowest BCUT2D eigenvalue weighted by molar-refractivity contribution is -0.0817. The van der Waals surface area contributed by atoms with Crippen LogP contribution in [0.4, 0.5) is 0 Å². The smallest absolute Gasteiger partial charge is 0.194 e. The van der Waals surface area contributed by atoms with E-state index in [1.807, 2.05) is 0 Å². The Morgan fingerprint density at radius 2 is 2.07 bits per heavy atom. The number of aromatic nitrogens is 1. The van der Waals surface area contributed by atoms with Gasteiger partial charge in [-0.05, 0) is 31.7 Å². The third kappa shape index (κ3) is 5.80. The Balaban J connectivity index is 1.34. The van der Waals surface area contributed by atoms with Gasteiger partial charge in [0.25, 0.3) is 0 Å². The van der Waals surface area contributed by atoms with Gasteiger partial charge in [-0.1, -0.05) is 30.3 Å². The van der Waals surface area contributed by atoms with Crippen LogP contribution in [0.1, 0.15) is 36.0 Å². The van der Waals surface area contributed by atoms with Crippen molar-refractivity contribution < 1.29 is 9.47 Å². The molecule has 0 radical (unpaired) electrons. The second kappa shape index (κ2) is 10.9. The molecule has 0 aliphatic carbocycles. The van der Waals surface area contributed by atoms with Gasteiger partial charge in [0.15, 0.2) is 5.96 Å². The first-order valence-electron chi connectivity index (χ1n) is 11.1. The Hall–Kier alpha value is -1.96. The number of nitrogens with one attached hydrogen (secondary N) is 1. The highest BCUT2D eigenvalue weighted by atomic mass is 32.1. The minimum Gasteiger partial charge on any atom is -0.375 e. The van der Waals surface area contributed by atoms with Crippen LogP contribution in [0.5, 0.6) is 0 Å². The molecule has 2 aliphatic rings. The molecule has 2 aliphatic heterocycles. The fourth-order valence-electron chi connectivity index (χ4n) is 4.00. The van der Waals surface area contributed by atoms with Gasteiger partial charge in [-0.2, -0.15) is 0 Å². The molecule has 2 unspecified atom stereocenters. The summed E-state index contributed by atoms with van der Waals surface area (Å²) in [5.74, 6) is 0.947. The third-order valence-corrected chi connectivity index (χ3v) is 6.53. The van der Waals surface area contributed by atoms with Crippen molar-refractivity contribution in [1.29, 1.82) is 0 Å². The molecule has 3 heterocycles. The van der Waals surface area contributed by atoms with Crippen molar-refractivity contribution in [3.05, 3.63) is 52.0 Å². The second-order valence-electron chi connectivity index (χ2n) is 7.80. The van der Waals surface area contributed by atoms with Gasteiger partial charge < -0.3 is 19.7 Å². The predicted octanol–water partition coefficient (Wildman–Crippen LogP) is 3.27. The molecule has 2 saturated heterocycles. The molecule has 1 N–H and O–H groups in total. The molecule has 1 aromatic heterocycles. The molecule has 0 saturated carbocycles. The topological polar surface area (TPSA) is 59.0 Å². The van der Waals surface area contributed by atoms with E-state index in [9.17, 15) is 0 Å².